The van der Waals surface area contributed by atoms with Gasteiger partial charge in [0.05, 0.1) is 0 Å². The van der Waals surface area contributed by atoms with Gasteiger partial charge in [-0.3, -0.25) is 0 Å². The van der Waals surface area contributed by atoms with Crippen LogP contribution in [0, 0.1) is 17.8 Å². The molecular formula is C8H15N3. The number of rotatable bonds is 1. The molecule has 0 aromatic carbocycles. The van der Waals surface area contributed by atoms with Gasteiger partial charge in [0, 0.05) is 5.92 Å². The quantitative estimate of drug-likeness (QED) is 0.251. The number of amidine groups is 1. The van der Waals surface area contributed by atoms with Gasteiger partial charge in [-0.05, 0) is 31.1 Å². The van der Waals surface area contributed by atoms with Crippen molar-refractivity contribution in [3.63, 3.8) is 0 Å². The summed E-state index contributed by atoms with van der Waals surface area (Å²) in [5, 5.41) is 3.58. The minimum absolute atomic E-state index is 0.513. The fourth-order valence-electron chi connectivity index (χ4n) is 2.70. The van der Waals surface area contributed by atoms with Crippen molar-refractivity contribution in [1.82, 2.24) is 0 Å². The fourth-order valence-corrected chi connectivity index (χ4v) is 2.70. The maximum Gasteiger partial charge on any atom is 0.122 e. The van der Waals surface area contributed by atoms with Gasteiger partial charge in [-0.1, -0.05) is 6.42 Å². The molecule has 2 aliphatic rings. The first-order chi connectivity index (χ1) is 5.31. The summed E-state index contributed by atoms with van der Waals surface area (Å²) in [5.41, 5.74) is 5.69. The number of fused-ring (bicyclic) bond motifs is 2. The maximum atomic E-state index is 5.69. The third kappa shape index (κ3) is 0.988. The van der Waals surface area contributed by atoms with Crippen LogP contribution in [0.4, 0.5) is 0 Å². The second-order valence-corrected chi connectivity index (χ2v) is 3.84. The highest BCUT2D eigenvalue weighted by Gasteiger charge is 2.41. The van der Waals surface area contributed by atoms with Crippen molar-refractivity contribution >= 4 is 5.84 Å². The topological polar surface area (TPSA) is 64.4 Å². The van der Waals surface area contributed by atoms with Gasteiger partial charge in [0.25, 0.3) is 0 Å². The summed E-state index contributed by atoms with van der Waals surface area (Å²) in [4.78, 5) is 0. The normalized spacial score (nSPS) is 43.3. The Morgan fingerprint density at radius 3 is 2.55 bits per heavy atom. The third-order valence-electron chi connectivity index (χ3n) is 3.27. The molecule has 2 rings (SSSR count). The first kappa shape index (κ1) is 6.95. The van der Waals surface area contributed by atoms with Crippen LogP contribution >= 0.6 is 0 Å². The van der Waals surface area contributed by atoms with Crippen LogP contribution in [0.5, 0.6) is 0 Å². The summed E-state index contributed by atoms with van der Waals surface area (Å²) >= 11 is 0. The van der Waals surface area contributed by atoms with Gasteiger partial charge < -0.3 is 11.6 Å². The molecule has 0 amide bonds. The SMILES string of the molecule is N/N=C(/N)C1CC2CCC1C2. The van der Waals surface area contributed by atoms with Crippen molar-refractivity contribution in [1.29, 1.82) is 0 Å². The second-order valence-electron chi connectivity index (χ2n) is 3.84. The lowest BCUT2D eigenvalue weighted by Crippen LogP contribution is -2.29. The molecule has 2 fully saturated rings. The van der Waals surface area contributed by atoms with E-state index in [0.717, 1.165) is 11.8 Å². The molecule has 3 unspecified atom stereocenters. The minimum atomic E-state index is 0.513. The van der Waals surface area contributed by atoms with Gasteiger partial charge in [-0.15, -0.1) is 0 Å². The van der Waals surface area contributed by atoms with E-state index in [0.29, 0.717) is 11.8 Å². The Morgan fingerprint density at radius 1 is 1.27 bits per heavy atom. The Balaban J connectivity index is 2.08. The predicted octanol–water partition coefficient (Wildman–Crippen LogP) is 0.653. The van der Waals surface area contributed by atoms with Gasteiger partial charge in [-0.25, -0.2) is 0 Å². The zero-order valence-electron chi connectivity index (χ0n) is 6.66. The Bertz CT molecular complexity index is 188. The van der Waals surface area contributed by atoms with E-state index in [9.17, 15) is 0 Å². The highest BCUT2D eigenvalue weighted by atomic mass is 15.2. The molecule has 2 bridgehead atoms. The molecule has 0 saturated heterocycles. The van der Waals surface area contributed by atoms with E-state index in [-0.39, 0.29) is 0 Å². The van der Waals surface area contributed by atoms with Crippen LogP contribution in [0.15, 0.2) is 5.10 Å². The van der Waals surface area contributed by atoms with Crippen molar-refractivity contribution < 1.29 is 0 Å². The molecule has 3 heteroatoms. The zero-order valence-corrected chi connectivity index (χ0v) is 6.66. The number of nitrogens with zero attached hydrogens (tertiary/aromatic N) is 1. The average molecular weight is 153 g/mol. The van der Waals surface area contributed by atoms with E-state index in [1.807, 2.05) is 0 Å². The molecule has 0 spiro atoms. The van der Waals surface area contributed by atoms with Crippen LogP contribution in [-0.2, 0) is 0 Å². The van der Waals surface area contributed by atoms with Crippen LogP contribution in [-0.4, -0.2) is 5.84 Å². The molecule has 0 aromatic rings. The van der Waals surface area contributed by atoms with Gasteiger partial charge in [0.1, 0.15) is 5.84 Å². The van der Waals surface area contributed by atoms with Gasteiger partial charge in [0.2, 0.25) is 0 Å². The summed E-state index contributed by atoms with van der Waals surface area (Å²) in [7, 11) is 0. The number of nitrogens with two attached hydrogens (primary N) is 2. The van der Waals surface area contributed by atoms with Crippen molar-refractivity contribution in [2.45, 2.75) is 25.7 Å². The second kappa shape index (κ2) is 2.40. The molecule has 3 nitrogen and oxygen atoms in total. The Morgan fingerprint density at radius 2 is 2.09 bits per heavy atom. The van der Waals surface area contributed by atoms with E-state index in [2.05, 4.69) is 5.10 Å². The number of hydrazone groups is 1. The molecule has 4 N–H and O–H groups in total. The lowest BCUT2D eigenvalue weighted by Gasteiger charge is -2.19. The smallest absolute Gasteiger partial charge is 0.122 e. The van der Waals surface area contributed by atoms with Crippen LogP contribution < -0.4 is 11.6 Å². The summed E-state index contributed by atoms with van der Waals surface area (Å²) in [6.45, 7) is 0. The van der Waals surface area contributed by atoms with Crippen LogP contribution in [0.3, 0.4) is 0 Å². The molecule has 3 atom stereocenters. The first-order valence-corrected chi connectivity index (χ1v) is 4.34. The van der Waals surface area contributed by atoms with Crippen LogP contribution in [0.1, 0.15) is 25.7 Å². The van der Waals surface area contributed by atoms with Gasteiger partial charge in [-0.2, -0.15) is 5.10 Å². The third-order valence-corrected chi connectivity index (χ3v) is 3.27. The molecule has 62 valence electrons. The molecule has 2 saturated carbocycles. The Kier molecular flexibility index (Phi) is 1.51. The number of hydrogen-bond donors (Lipinski definition) is 2. The van der Waals surface area contributed by atoms with Gasteiger partial charge in [0.15, 0.2) is 0 Å². The van der Waals surface area contributed by atoms with E-state index in [1.165, 1.54) is 25.7 Å². The molecule has 2 aliphatic carbocycles. The molecular weight excluding hydrogens is 138 g/mol. The van der Waals surface area contributed by atoms with Crippen LogP contribution in [0.25, 0.3) is 0 Å². The summed E-state index contributed by atoms with van der Waals surface area (Å²) < 4.78 is 0. The molecule has 0 radical (unpaired) electrons. The fraction of sp³-hybridized carbons (Fsp3) is 0.875. The lowest BCUT2D eigenvalue weighted by atomic mass is 9.88. The zero-order chi connectivity index (χ0) is 7.84. The number of hydrogen-bond acceptors (Lipinski definition) is 2. The molecule has 0 aromatic heterocycles. The van der Waals surface area contributed by atoms with Crippen molar-refractivity contribution in [2.75, 3.05) is 0 Å². The van der Waals surface area contributed by atoms with Crippen LogP contribution in [0.2, 0.25) is 0 Å². The summed E-state index contributed by atoms with van der Waals surface area (Å²) in [5.74, 6) is 8.06. The Hall–Kier alpha value is -0.730. The Labute approximate surface area is 66.8 Å². The maximum absolute atomic E-state index is 5.69. The minimum Gasteiger partial charge on any atom is -0.385 e. The summed E-state index contributed by atoms with van der Waals surface area (Å²) in [6.07, 6.45) is 5.34. The first-order valence-electron chi connectivity index (χ1n) is 4.34. The molecule has 11 heavy (non-hydrogen) atoms. The molecule has 0 aliphatic heterocycles. The lowest BCUT2D eigenvalue weighted by molar-refractivity contribution is 0.412. The van der Waals surface area contributed by atoms with Gasteiger partial charge >= 0.3 is 0 Å². The summed E-state index contributed by atoms with van der Waals surface area (Å²) in [6, 6.07) is 0. The van der Waals surface area contributed by atoms with E-state index >= 15 is 0 Å². The largest absolute Gasteiger partial charge is 0.385 e. The van der Waals surface area contributed by atoms with E-state index < -0.39 is 0 Å². The highest BCUT2D eigenvalue weighted by molar-refractivity contribution is 5.83. The van der Waals surface area contributed by atoms with Crippen molar-refractivity contribution in [3.05, 3.63) is 0 Å². The average Bonchev–Trinajstić information content (AvgIpc) is 2.62. The monoisotopic (exact) mass is 153 g/mol. The standard InChI is InChI=1S/C8H15N3/c9-8(11-10)7-4-5-1-2-6(7)3-5/h5-7H,1-4,10H2,(H2,9,11). The predicted molar refractivity (Wildman–Crippen MR) is 44.7 cm³/mol. The van der Waals surface area contributed by atoms with Crippen molar-refractivity contribution in [2.24, 2.45) is 34.4 Å². The van der Waals surface area contributed by atoms with Crippen molar-refractivity contribution in [3.8, 4) is 0 Å². The highest BCUT2D eigenvalue weighted by Crippen LogP contribution is 2.48. The van der Waals surface area contributed by atoms with E-state index in [1.54, 1.807) is 0 Å². The van der Waals surface area contributed by atoms with E-state index in [4.69, 9.17) is 11.6 Å². The molecule has 0 heterocycles.